The second-order valence-electron chi connectivity index (χ2n) is 6.86. The van der Waals surface area contributed by atoms with Gasteiger partial charge in [0.05, 0.1) is 12.6 Å². The van der Waals surface area contributed by atoms with Gasteiger partial charge in [-0.25, -0.2) is 0 Å². The summed E-state index contributed by atoms with van der Waals surface area (Å²) in [4.78, 5) is 9.17. The molecule has 6 nitrogen and oxygen atoms in total. The summed E-state index contributed by atoms with van der Waals surface area (Å²) in [5.41, 5.74) is 0.979. The van der Waals surface area contributed by atoms with Crippen molar-refractivity contribution >= 4 is 0 Å². The SMILES string of the molecule is CCCc1nc(CN2CCN(C[C@H](O)c3ccccc3)[C@@H](C)C2)no1. The second kappa shape index (κ2) is 8.56. The molecule has 1 saturated heterocycles. The lowest BCUT2D eigenvalue weighted by Gasteiger charge is -2.40. The van der Waals surface area contributed by atoms with E-state index in [1.165, 1.54) is 0 Å². The molecule has 0 amide bonds. The van der Waals surface area contributed by atoms with E-state index in [1.807, 2.05) is 30.3 Å². The molecule has 1 fully saturated rings. The number of aryl methyl sites for hydroxylation is 1. The molecule has 0 radical (unpaired) electrons. The molecule has 25 heavy (non-hydrogen) atoms. The summed E-state index contributed by atoms with van der Waals surface area (Å²) in [5, 5.41) is 14.5. The van der Waals surface area contributed by atoms with Crippen molar-refractivity contribution in [2.45, 2.75) is 45.4 Å². The maximum Gasteiger partial charge on any atom is 0.226 e. The van der Waals surface area contributed by atoms with Crippen molar-refractivity contribution in [2.24, 2.45) is 0 Å². The summed E-state index contributed by atoms with van der Waals surface area (Å²) < 4.78 is 5.26. The third-order valence-corrected chi connectivity index (χ3v) is 4.78. The topological polar surface area (TPSA) is 65.6 Å². The molecule has 1 aromatic heterocycles. The average Bonchev–Trinajstić information content (AvgIpc) is 3.05. The van der Waals surface area contributed by atoms with Gasteiger partial charge in [-0.05, 0) is 18.9 Å². The number of aromatic nitrogens is 2. The van der Waals surface area contributed by atoms with Crippen molar-refractivity contribution in [3.8, 4) is 0 Å². The number of piperazine rings is 1. The molecule has 1 aromatic carbocycles. The van der Waals surface area contributed by atoms with Crippen LogP contribution in [0.25, 0.3) is 0 Å². The lowest BCUT2D eigenvalue weighted by atomic mass is 10.1. The Kier molecular flexibility index (Phi) is 6.18. The molecule has 1 aliphatic rings. The van der Waals surface area contributed by atoms with Crippen LogP contribution in [0.3, 0.4) is 0 Å². The Labute approximate surface area is 149 Å². The van der Waals surface area contributed by atoms with Crippen molar-refractivity contribution in [1.29, 1.82) is 0 Å². The number of aliphatic hydroxyl groups excluding tert-OH is 1. The summed E-state index contributed by atoms with van der Waals surface area (Å²) in [5.74, 6) is 1.50. The summed E-state index contributed by atoms with van der Waals surface area (Å²) in [6, 6.07) is 10.3. The van der Waals surface area contributed by atoms with E-state index in [9.17, 15) is 5.11 Å². The Balaban J connectivity index is 1.50. The fourth-order valence-corrected chi connectivity index (χ4v) is 3.36. The quantitative estimate of drug-likeness (QED) is 0.831. The number of benzene rings is 1. The molecular formula is C19H28N4O2. The summed E-state index contributed by atoms with van der Waals surface area (Å²) in [6.45, 7) is 8.54. The molecule has 136 valence electrons. The standard InChI is InChI=1S/C19H28N4O2/c1-3-7-19-20-18(21-25-19)14-22-10-11-23(15(2)12-22)13-17(24)16-8-5-4-6-9-16/h4-6,8-9,15,17,24H,3,7,10-14H2,1-2H3/t15-,17-/m0/s1. The smallest absolute Gasteiger partial charge is 0.226 e. The molecule has 1 N–H and O–H groups in total. The average molecular weight is 344 g/mol. The largest absolute Gasteiger partial charge is 0.387 e. The molecule has 3 rings (SSSR count). The molecular weight excluding hydrogens is 316 g/mol. The fraction of sp³-hybridized carbons (Fsp3) is 0.579. The number of hydrogen-bond donors (Lipinski definition) is 1. The van der Waals surface area contributed by atoms with Gasteiger partial charge in [-0.1, -0.05) is 42.4 Å². The Bertz CT molecular complexity index is 646. The first-order valence-corrected chi connectivity index (χ1v) is 9.16. The van der Waals surface area contributed by atoms with Crippen LogP contribution >= 0.6 is 0 Å². The van der Waals surface area contributed by atoms with Gasteiger partial charge in [-0.3, -0.25) is 9.80 Å². The van der Waals surface area contributed by atoms with Crippen LogP contribution in [0.2, 0.25) is 0 Å². The molecule has 1 aliphatic heterocycles. The zero-order valence-electron chi connectivity index (χ0n) is 15.1. The van der Waals surface area contributed by atoms with E-state index in [0.717, 1.165) is 56.3 Å². The van der Waals surface area contributed by atoms with E-state index in [4.69, 9.17) is 4.52 Å². The molecule has 0 unspecified atom stereocenters. The van der Waals surface area contributed by atoms with Gasteiger partial charge in [0.25, 0.3) is 0 Å². The first-order valence-electron chi connectivity index (χ1n) is 9.16. The van der Waals surface area contributed by atoms with Crippen LogP contribution in [0, 0.1) is 0 Å². The normalized spacial score (nSPS) is 20.7. The Hall–Kier alpha value is -1.76. The Morgan fingerprint density at radius 3 is 2.80 bits per heavy atom. The Morgan fingerprint density at radius 1 is 1.28 bits per heavy atom. The van der Waals surface area contributed by atoms with Gasteiger partial charge in [0.15, 0.2) is 5.82 Å². The predicted molar refractivity (Wildman–Crippen MR) is 96.0 cm³/mol. The predicted octanol–water partition coefficient (Wildman–Crippen LogP) is 2.26. The van der Waals surface area contributed by atoms with Gasteiger partial charge in [-0.2, -0.15) is 4.98 Å². The van der Waals surface area contributed by atoms with Crippen LogP contribution in [0.1, 0.15) is 43.7 Å². The van der Waals surface area contributed by atoms with Crippen molar-refractivity contribution in [2.75, 3.05) is 26.2 Å². The monoisotopic (exact) mass is 344 g/mol. The highest BCUT2D eigenvalue weighted by molar-refractivity contribution is 5.17. The van der Waals surface area contributed by atoms with Crippen LogP contribution in [0.4, 0.5) is 0 Å². The number of aliphatic hydroxyl groups is 1. The summed E-state index contributed by atoms with van der Waals surface area (Å²) in [6.07, 6.45) is 1.42. The van der Waals surface area contributed by atoms with E-state index in [1.54, 1.807) is 0 Å². The van der Waals surface area contributed by atoms with Crippen molar-refractivity contribution < 1.29 is 9.63 Å². The van der Waals surface area contributed by atoms with Gasteiger partial charge < -0.3 is 9.63 Å². The number of nitrogens with zero attached hydrogens (tertiary/aromatic N) is 4. The highest BCUT2D eigenvalue weighted by Crippen LogP contribution is 2.18. The molecule has 0 saturated carbocycles. The molecule has 0 bridgehead atoms. The summed E-state index contributed by atoms with van der Waals surface area (Å²) >= 11 is 0. The Morgan fingerprint density at radius 2 is 2.08 bits per heavy atom. The zero-order chi connectivity index (χ0) is 17.6. The van der Waals surface area contributed by atoms with Crippen molar-refractivity contribution in [1.82, 2.24) is 19.9 Å². The first-order chi connectivity index (χ1) is 12.2. The number of rotatable bonds is 7. The fourth-order valence-electron chi connectivity index (χ4n) is 3.36. The molecule has 2 aromatic rings. The van der Waals surface area contributed by atoms with Crippen LogP contribution in [-0.2, 0) is 13.0 Å². The molecule has 2 heterocycles. The van der Waals surface area contributed by atoms with Crippen LogP contribution in [0.5, 0.6) is 0 Å². The highest BCUT2D eigenvalue weighted by Gasteiger charge is 2.26. The van der Waals surface area contributed by atoms with E-state index >= 15 is 0 Å². The third-order valence-electron chi connectivity index (χ3n) is 4.78. The second-order valence-corrected chi connectivity index (χ2v) is 6.86. The minimum Gasteiger partial charge on any atom is -0.387 e. The van der Waals surface area contributed by atoms with Gasteiger partial charge in [0, 0.05) is 38.6 Å². The van der Waals surface area contributed by atoms with Gasteiger partial charge in [0.1, 0.15) is 0 Å². The van der Waals surface area contributed by atoms with Crippen LogP contribution in [-0.4, -0.2) is 57.3 Å². The highest BCUT2D eigenvalue weighted by atomic mass is 16.5. The number of β-amino-alcohol motifs (C(OH)–C–C–N with tert-alkyl or cyclic N) is 1. The minimum atomic E-state index is -0.441. The van der Waals surface area contributed by atoms with Crippen molar-refractivity contribution in [3.05, 3.63) is 47.6 Å². The lowest BCUT2D eigenvalue weighted by molar-refractivity contribution is 0.0351. The van der Waals surface area contributed by atoms with Gasteiger partial charge >= 0.3 is 0 Å². The molecule has 0 aliphatic carbocycles. The number of hydrogen-bond acceptors (Lipinski definition) is 6. The maximum atomic E-state index is 10.5. The van der Waals surface area contributed by atoms with E-state index in [-0.39, 0.29) is 0 Å². The third kappa shape index (κ3) is 4.87. The maximum absolute atomic E-state index is 10.5. The van der Waals surface area contributed by atoms with E-state index < -0.39 is 6.10 Å². The molecule has 2 atom stereocenters. The first kappa shape index (κ1) is 18.0. The molecule has 6 heteroatoms. The van der Waals surface area contributed by atoms with E-state index in [2.05, 4.69) is 33.8 Å². The van der Waals surface area contributed by atoms with Crippen molar-refractivity contribution in [3.63, 3.8) is 0 Å². The zero-order valence-corrected chi connectivity index (χ0v) is 15.1. The van der Waals surface area contributed by atoms with Crippen LogP contribution < -0.4 is 0 Å². The van der Waals surface area contributed by atoms with Crippen LogP contribution in [0.15, 0.2) is 34.9 Å². The van der Waals surface area contributed by atoms with Gasteiger partial charge in [0.2, 0.25) is 5.89 Å². The van der Waals surface area contributed by atoms with Gasteiger partial charge in [-0.15, -0.1) is 0 Å². The summed E-state index contributed by atoms with van der Waals surface area (Å²) in [7, 11) is 0. The molecule has 0 spiro atoms. The minimum absolute atomic E-state index is 0.383. The lowest BCUT2D eigenvalue weighted by Crippen LogP contribution is -2.52. The van der Waals surface area contributed by atoms with E-state index in [0.29, 0.717) is 12.6 Å².